The number of hydrogen-bond acceptors (Lipinski definition) is 4. The summed E-state index contributed by atoms with van der Waals surface area (Å²) in [6.07, 6.45) is 4.78. The van der Waals surface area contributed by atoms with E-state index in [1.807, 2.05) is 25.3 Å². The van der Waals surface area contributed by atoms with Gasteiger partial charge < -0.3 is 10.0 Å². The van der Waals surface area contributed by atoms with Crippen LogP contribution in [0.5, 0.6) is 0 Å². The molecule has 1 unspecified atom stereocenters. The van der Waals surface area contributed by atoms with Crippen molar-refractivity contribution >= 4 is 11.9 Å². The Hall–Kier alpha value is -2.70. The Labute approximate surface area is 145 Å². The molecule has 1 N–H and O–H groups in total. The Kier molecular flexibility index (Phi) is 3.25. The Bertz CT molecular complexity index is 894. The van der Waals surface area contributed by atoms with Crippen LogP contribution in [0.1, 0.15) is 72.0 Å². The number of aromatic carboxylic acids is 1. The number of carbonyl (C=O) groups is 2. The van der Waals surface area contributed by atoms with Crippen molar-refractivity contribution in [3.05, 3.63) is 41.2 Å². The van der Waals surface area contributed by atoms with Gasteiger partial charge in [0.15, 0.2) is 5.69 Å². The minimum absolute atomic E-state index is 0.0410. The van der Waals surface area contributed by atoms with Crippen LogP contribution in [-0.4, -0.2) is 43.0 Å². The second-order valence-electron chi connectivity index (χ2n) is 7.61. The number of amides is 1. The maximum Gasteiger partial charge on any atom is 0.356 e. The summed E-state index contributed by atoms with van der Waals surface area (Å²) in [5.41, 5.74) is 1.43. The van der Waals surface area contributed by atoms with Crippen molar-refractivity contribution in [1.29, 1.82) is 0 Å². The number of carbonyl (C=O) groups excluding carboxylic acids is 1. The summed E-state index contributed by atoms with van der Waals surface area (Å²) in [5, 5.41) is 9.75. The van der Waals surface area contributed by atoms with Crippen LogP contribution in [-0.2, 0) is 5.41 Å². The first-order chi connectivity index (χ1) is 11.8. The Balaban J connectivity index is 2.14. The van der Waals surface area contributed by atoms with Crippen molar-refractivity contribution in [2.75, 3.05) is 6.54 Å². The minimum Gasteiger partial charge on any atom is -0.476 e. The summed E-state index contributed by atoms with van der Waals surface area (Å²) in [6, 6.07) is 1.50. The summed E-state index contributed by atoms with van der Waals surface area (Å²) in [4.78, 5) is 35.3. The summed E-state index contributed by atoms with van der Waals surface area (Å²) in [5.74, 6) is -0.504. The van der Waals surface area contributed by atoms with Crippen molar-refractivity contribution in [3.8, 4) is 5.69 Å². The molecule has 2 aromatic rings. The number of rotatable bonds is 1. The maximum atomic E-state index is 13.0. The number of imidazole rings is 1. The molecular formula is C18H20N4O3. The van der Waals surface area contributed by atoms with E-state index in [2.05, 4.69) is 9.97 Å². The second-order valence-corrected chi connectivity index (χ2v) is 7.61. The van der Waals surface area contributed by atoms with E-state index in [0.29, 0.717) is 29.3 Å². The molecule has 0 bridgehead atoms. The molecular weight excluding hydrogens is 320 g/mol. The van der Waals surface area contributed by atoms with Gasteiger partial charge in [0, 0.05) is 24.4 Å². The third-order valence-electron chi connectivity index (χ3n) is 4.89. The van der Waals surface area contributed by atoms with Gasteiger partial charge in [0.05, 0.1) is 23.0 Å². The molecule has 1 fully saturated rings. The molecule has 0 radical (unpaired) electrons. The predicted molar refractivity (Wildman–Crippen MR) is 90.0 cm³/mol. The van der Waals surface area contributed by atoms with Crippen LogP contribution in [0.4, 0.5) is 0 Å². The fraction of sp³-hybridized carbons (Fsp3) is 0.444. The largest absolute Gasteiger partial charge is 0.476 e. The lowest BCUT2D eigenvalue weighted by Gasteiger charge is -2.23. The van der Waals surface area contributed by atoms with Gasteiger partial charge in [0.25, 0.3) is 5.91 Å². The summed E-state index contributed by atoms with van der Waals surface area (Å²) < 4.78 is 1.88. The highest BCUT2D eigenvalue weighted by Gasteiger charge is 2.42. The number of carboxylic acid groups (broad SMARTS) is 1. The highest BCUT2D eigenvalue weighted by Crippen LogP contribution is 2.42. The van der Waals surface area contributed by atoms with Crippen molar-refractivity contribution in [1.82, 2.24) is 19.4 Å². The topological polar surface area (TPSA) is 88.3 Å². The second kappa shape index (κ2) is 5.15. The van der Waals surface area contributed by atoms with Gasteiger partial charge in [-0.15, -0.1) is 0 Å². The van der Waals surface area contributed by atoms with E-state index in [4.69, 9.17) is 0 Å². The predicted octanol–water partition coefficient (Wildman–Crippen LogP) is 2.55. The van der Waals surface area contributed by atoms with Crippen LogP contribution < -0.4 is 0 Å². The van der Waals surface area contributed by atoms with E-state index in [9.17, 15) is 14.7 Å². The molecule has 4 heterocycles. The van der Waals surface area contributed by atoms with E-state index in [0.717, 1.165) is 12.8 Å². The Morgan fingerprint density at radius 1 is 1.36 bits per heavy atom. The highest BCUT2D eigenvalue weighted by atomic mass is 16.4. The summed E-state index contributed by atoms with van der Waals surface area (Å²) >= 11 is 0. The van der Waals surface area contributed by atoms with E-state index in [1.165, 1.54) is 0 Å². The average Bonchev–Trinajstić information content (AvgIpc) is 3.15. The lowest BCUT2D eigenvalue weighted by atomic mass is 9.95. The molecule has 0 aromatic carbocycles. The fourth-order valence-corrected chi connectivity index (χ4v) is 3.84. The van der Waals surface area contributed by atoms with Gasteiger partial charge >= 0.3 is 5.97 Å². The first-order valence-electron chi connectivity index (χ1n) is 8.42. The highest BCUT2D eigenvalue weighted by molar-refractivity contribution is 5.99. The zero-order valence-electron chi connectivity index (χ0n) is 14.5. The first kappa shape index (κ1) is 15.8. The normalized spacial score (nSPS) is 19.2. The van der Waals surface area contributed by atoms with Crippen molar-refractivity contribution in [2.24, 2.45) is 0 Å². The SMILES string of the molecule is CC(C)(C)c1nc(C(=O)O)c2n1-c1ccncc1C(=O)N1CCCC21. The van der Waals surface area contributed by atoms with Gasteiger partial charge in [-0.3, -0.25) is 14.3 Å². The molecule has 2 aliphatic heterocycles. The number of pyridine rings is 1. The molecule has 25 heavy (non-hydrogen) atoms. The molecule has 0 aliphatic carbocycles. The van der Waals surface area contributed by atoms with Crippen LogP contribution in [0.25, 0.3) is 5.69 Å². The number of fused-ring (bicyclic) bond motifs is 5. The van der Waals surface area contributed by atoms with Crippen LogP contribution in [0.3, 0.4) is 0 Å². The van der Waals surface area contributed by atoms with Crippen LogP contribution in [0.15, 0.2) is 18.5 Å². The first-order valence-corrected chi connectivity index (χ1v) is 8.42. The van der Waals surface area contributed by atoms with Crippen LogP contribution >= 0.6 is 0 Å². The van der Waals surface area contributed by atoms with E-state index in [-0.39, 0.29) is 23.1 Å². The monoisotopic (exact) mass is 340 g/mol. The molecule has 4 rings (SSSR count). The molecule has 2 aromatic heterocycles. The van der Waals surface area contributed by atoms with Gasteiger partial charge in [-0.25, -0.2) is 9.78 Å². The lowest BCUT2D eigenvalue weighted by Crippen LogP contribution is -2.30. The molecule has 1 saturated heterocycles. The molecule has 1 atom stereocenters. The molecule has 0 saturated carbocycles. The van der Waals surface area contributed by atoms with Gasteiger partial charge in [-0.1, -0.05) is 20.8 Å². The third-order valence-corrected chi connectivity index (χ3v) is 4.89. The molecule has 130 valence electrons. The van der Waals surface area contributed by atoms with Gasteiger partial charge in [0.2, 0.25) is 0 Å². The molecule has 7 nitrogen and oxygen atoms in total. The molecule has 0 spiro atoms. The molecule has 2 aliphatic rings. The van der Waals surface area contributed by atoms with Crippen molar-refractivity contribution < 1.29 is 14.7 Å². The standard InChI is InChI=1S/C18H20N4O3/c1-18(2,3)17-20-13(16(24)25)14-12-5-4-8-21(12)15(23)10-9-19-7-6-11(10)22(14)17/h6-7,9,12H,4-5,8H2,1-3H3,(H,24,25). The smallest absolute Gasteiger partial charge is 0.356 e. The quantitative estimate of drug-likeness (QED) is 0.862. The van der Waals surface area contributed by atoms with Crippen molar-refractivity contribution in [3.63, 3.8) is 0 Å². The van der Waals surface area contributed by atoms with E-state index < -0.39 is 5.97 Å². The number of nitrogens with zero attached hydrogens (tertiary/aromatic N) is 4. The zero-order valence-corrected chi connectivity index (χ0v) is 14.5. The summed E-state index contributed by atoms with van der Waals surface area (Å²) in [6.45, 7) is 6.60. The third kappa shape index (κ3) is 2.18. The number of carboxylic acids is 1. The van der Waals surface area contributed by atoms with E-state index >= 15 is 0 Å². The maximum absolute atomic E-state index is 13.0. The number of hydrogen-bond donors (Lipinski definition) is 1. The van der Waals surface area contributed by atoms with Crippen LogP contribution in [0, 0.1) is 0 Å². The molecule has 1 amide bonds. The van der Waals surface area contributed by atoms with Gasteiger partial charge in [-0.2, -0.15) is 0 Å². The Morgan fingerprint density at radius 2 is 2.12 bits per heavy atom. The Morgan fingerprint density at radius 3 is 2.80 bits per heavy atom. The van der Waals surface area contributed by atoms with Crippen molar-refractivity contribution in [2.45, 2.75) is 45.1 Å². The average molecular weight is 340 g/mol. The van der Waals surface area contributed by atoms with Gasteiger partial charge in [-0.05, 0) is 18.9 Å². The minimum atomic E-state index is -1.06. The summed E-state index contributed by atoms with van der Waals surface area (Å²) in [7, 11) is 0. The van der Waals surface area contributed by atoms with Gasteiger partial charge in [0.1, 0.15) is 5.82 Å². The zero-order chi connectivity index (χ0) is 17.9. The molecule has 7 heteroatoms. The van der Waals surface area contributed by atoms with E-state index in [1.54, 1.807) is 23.4 Å². The lowest BCUT2D eigenvalue weighted by molar-refractivity contribution is 0.0673. The van der Waals surface area contributed by atoms with Crippen LogP contribution in [0.2, 0.25) is 0 Å². The number of aromatic nitrogens is 3. The fourth-order valence-electron chi connectivity index (χ4n) is 3.84.